The van der Waals surface area contributed by atoms with Crippen molar-refractivity contribution in [3.8, 4) is 0 Å². The number of hydrogen-bond acceptors (Lipinski definition) is 3. The van der Waals surface area contributed by atoms with E-state index in [-0.39, 0.29) is 23.8 Å². The van der Waals surface area contributed by atoms with Crippen LogP contribution in [0.2, 0.25) is 0 Å². The van der Waals surface area contributed by atoms with Gasteiger partial charge in [-0.1, -0.05) is 6.42 Å². The van der Waals surface area contributed by atoms with Crippen molar-refractivity contribution < 1.29 is 19.1 Å². The van der Waals surface area contributed by atoms with E-state index in [1.807, 2.05) is 13.0 Å². The van der Waals surface area contributed by atoms with Crippen LogP contribution in [0.1, 0.15) is 44.4 Å². The number of carbonyl (C=O) groups excluding carboxylic acids is 1. The highest BCUT2D eigenvalue weighted by atomic mass is 16.4. The van der Waals surface area contributed by atoms with Crippen LogP contribution in [0.15, 0.2) is 22.8 Å². The van der Waals surface area contributed by atoms with E-state index >= 15 is 0 Å². The molecule has 1 aliphatic rings. The topological polar surface area (TPSA) is 79.5 Å². The maximum atomic E-state index is 12.1. The summed E-state index contributed by atoms with van der Waals surface area (Å²) in [5.41, 5.74) is 0. The summed E-state index contributed by atoms with van der Waals surface area (Å²) in [5, 5.41) is 11.9. The Labute approximate surface area is 112 Å². The maximum absolute atomic E-state index is 12.1. The lowest BCUT2D eigenvalue weighted by Crippen LogP contribution is -2.36. The van der Waals surface area contributed by atoms with Crippen molar-refractivity contribution in [2.24, 2.45) is 11.8 Å². The Morgan fingerprint density at radius 2 is 2.16 bits per heavy atom. The zero-order chi connectivity index (χ0) is 13.8. The van der Waals surface area contributed by atoms with Gasteiger partial charge >= 0.3 is 5.97 Å². The Hall–Kier alpha value is -1.78. The summed E-state index contributed by atoms with van der Waals surface area (Å²) >= 11 is 0. The van der Waals surface area contributed by atoms with E-state index in [9.17, 15) is 9.59 Å². The Balaban J connectivity index is 1.91. The first kappa shape index (κ1) is 13.6. The molecule has 1 aromatic rings. The van der Waals surface area contributed by atoms with Crippen LogP contribution in [-0.2, 0) is 9.59 Å². The highest BCUT2D eigenvalue weighted by Crippen LogP contribution is 2.29. The van der Waals surface area contributed by atoms with Gasteiger partial charge in [-0.05, 0) is 38.3 Å². The molecule has 1 heterocycles. The standard InChI is InChI=1S/C14H19NO4/c1-9(12-6-3-7-19-12)15-13(16)10-4-2-5-11(8-10)14(17)18/h3,6-7,9-11H,2,4-5,8H2,1H3,(H,15,16)(H,17,18)/t9-,10+,11+/m0/s1. The molecule has 0 spiro atoms. The second kappa shape index (κ2) is 5.91. The third-order valence-electron chi connectivity index (χ3n) is 3.72. The van der Waals surface area contributed by atoms with Crippen molar-refractivity contribution in [3.05, 3.63) is 24.2 Å². The predicted octanol–water partition coefficient (Wildman–Crippen LogP) is 2.35. The van der Waals surface area contributed by atoms with Crippen LogP contribution < -0.4 is 5.32 Å². The van der Waals surface area contributed by atoms with E-state index in [2.05, 4.69) is 5.32 Å². The normalized spacial score (nSPS) is 24.7. The summed E-state index contributed by atoms with van der Waals surface area (Å²) in [6.45, 7) is 1.86. The molecular weight excluding hydrogens is 246 g/mol. The lowest BCUT2D eigenvalue weighted by atomic mass is 9.81. The molecule has 5 heteroatoms. The monoisotopic (exact) mass is 265 g/mol. The molecule has 1 fully saturated rings. The van der Waals surface area contributed by atoms with Gasteiger partial charge < -0.3 is 14.8 Å². The van der Waals surface area contributed by atoms with Crippen molar-refractivity contribution in [2.75, 3.05) is 0 Å². The van der Waals surface area contributed by atoms with Crippen LogP contribution in [-0.4, -0.2) is 17.0 Å². The summed E-state index contributed by atoms with van der Waals surface area (Å²) in [6, 6.07) is 3.40. The molecule has 104 valence electrons. The zero-order valence-corrected chi connectivity index (χ0v) is 11.0. The smallest absolute Gasteiger partial charge is 0.306 e. The molecule has 1 aromatic heterocycles. The maximum Gasteiger partial charge on any atom is 0.306 e. The number of carbonyl (C=O) groups is 2. The van der Waals surface area contributed by atoms with E-state index < -0.39 is 5.97 Å². The van der Waals surface area contributed by atoms with E-state index in [1.54, 1.807) is 12.3 Å². The van der Waals surface area contributed by atoms with Gasteiger partial charge in [-0.2, -0.15) is 0 Å². The van der Waals surface area contributed by atoms with Gasteiger partial charge in [0, 0.05) is 5.92 Å². The highest BCUT2D eigenvalue weighted by molar-refractivity contribution is 5.80. The van der Waals surface area contributed by atoms with Gasteiger partial charge in [-0.25, -0.2) is 0 Å². The second-order valence-electron chi connectivity index (χ2n) is 5.14. The van der Waals surface area contributed by atoms with Crippen LogP contribution in [0.25, 0.3) is 0 Å². The van der Waals surface area contributed by atoms with Crippen molar-refractivity contribution in [2.45, 2.75) is 38.6 Å². The fourth-order valence-corrected chi connectivity index (χ4v) is 2.59. The van der Waals surface area contributed by atoms with Gasteiger partial charge in [0.2, 0.25) is 5.91 Å². The lowest BCUT2D eigenvalue weighted by molar-refractivity contribution is -0.144. The van der Waals surface area contributed by atoms with Crippen molar-refractivity contribution in [3.63, 3.8) is 0 Å². The van der Waals surface area contributed by atoms with Gasteiger partial charge in [0.15, 0.2) is 0 Å². The minimum atomic E-state index is -0.795. The van der Waals surface area contributed by atoms with Gasteiger partial charge in [-0.15, -0.1) is 0 Å². The van der Waals surface area contributed by atoms with Crippen molar-refractivity contribution in [1.29, 1.82) is 0 Å². The molecule has 0 bridgehead atoms. The zero-order valence-electron chi connectivity index (χ0n) is 11.0. The van der Waals surface area contributed by atoms with Crippen molar-refractivity contribution in [1.82, 2.24) is 5.32 Å². The predicted molar refractivity (Wildman–Crippen MR) is 68.3 cm³/mol. The number of carboxylic acid groups (broad SMARTS) is 1. The van der Waals surface area contributed by atoms with Gasteiger partial charge in [0.1, 0.15) is 5.76 Å². The quantitative estimate of drug-likeness (QED) is 0.875. The first-order valence-corrected chi connectivity index (χ1v) is 6.64. The lowest BCUT2D eigenvalue weighted by Gasteiger charge is -2.26. The minimum absolute atomic E-state index is 0.0742. The molecule has 1 amide bonds. The summed E-state index contributed by atoms with van der Waals surface area (Å²) in [5.74, 6) is -0.749. The number of hydrogen-bond donors (Lipinski definition) is 2. The molecule has 0 unspecified atom stereocenters. The fraction of sp³-hybridized carbons (Fsp3) is 0.571. The molecule has 2 N–H and O–H groups in total. The summed E-state index contributed by atoms with van der Waals surface area (Å²) in [7, 11) is 0. The Bertz CT molecular complexity index is 440. The van der Waals surface area contributed by atoms with Crippen LogP contribution in [0.3, 0.4) is 0 Å². The fourth-order valence-electron chi connectivity index (χ4n) is 2.59. The Morgan fingerprint density at radius 1 is 1.42 bits per heavy atom. The van der Waals surface area contributed by atoms with Gasteiger partial charge in [0.05, 0.1) is 18.2 Å². The number of amides is 1. The van der Waals surface area contributed by atoms with Gasteiger partial charge in [0.25, 0.3) is 0 Å². The van der Waals surface area contributed by atoms with E-state index in [0.717, 1.165) is 12.8 Å². The van der Waals surface area contributed by atoms with Crippen LogP contribution in [0.5, 0.6) is 0 Å². The number of furan rings is 1. The second-order valence-corrected chi connectivity index (χ2v) is 5.14. The van der Waals surface area contributed by atoms with E-state index in [4.69, 9.17) is 9.52 Å². The molecule has 5 nitrogen and oxygen atoms in total. The number of aliphatic carboxylic acids is 1. The molecule has 2 rings (SSSR count). The molecular formula is C14H19NO4. The Morgan fingerprint density at radius 3 is 2.79 bits per heavy atom. The summed E-state index contributed by atoms with van der Waals surface area (Å²) in [4.78, 5) is 23.1. The van der Waals surface area contributed by atoms with Crippen LogP contribution >= 0.6 is 0 Å². The third kappa shape index (κ3) is 3.36. The Kier molecular flexibility index (Phi) is 4.24. The summed E-state index contributed by atoms with van der Waals surface area (Å²) < 4.78 is 5.23. The summed E-state index contributed by atoms with van der Waals surface area (Å²) in [6.07, 6.45) is 4.24. The molecule has 1 aliphatic carbocycles. The molecule has 1 saturated carbocycles. The molecule has 19 heavy (non-hydrogen) atoms. The number of rotatable bonds is 4. The average Bonchev–Trinajstić information content (AvgIpc) is 2.92. The molecule has 3 atom stereocenters. The number of nitrogens with one attached hydrogen (secondary N) is 1. The molecule has 0 aliphatic heterocycles. The van der Waals surface area contributed by atoms with Crippen LogP contribution in [0, 0.1) is 11.8 Å². The highest BCUT2D eigenvalue weighted by Gasteiger charge is 2.31. The first-order valence-electron chi connectivity index (χ1n) is 6.64. The largest absolute Gasteiger partial charge is 0.481 e. The van der Waals surface area contributed by atoms with E-state index in [0.29, 0.717) is 18.6 Å². The number of carboxylic acids is 1. The van der Waals surface area contributed by atoms with Crippen LogP contribution in [0.4, 0.5) is 0 Å². The minimum Gasteiger partial charge on any atom is -0.481 e. The first-order chi connectivity index (χ1) is 9.08. The third-order valence-corrected chi connectivity index (χ3v) is 3.72. The van der Waals surface area contributed by atoms with Gasteiger partial charge in [-0.3, -0.25) is 9.59 Å². The van der Waals surface area contributed by atoms with Crippen molar-refractivity contribution >= 4 is 11.9 Å². The molecule has 0 saturated heterocycles. The molecule has 0 aromatic carbocycles. The average molecular weight is 265 g/mol. The molecule has 0 radical (unpaired) electrons. The van der Waals surface area contributed by atoms with E-state index in [1.165, 1.54) is 0 Å². The SMILES string of the molecule is C[C@H](NC(=O)[C@@H]1CCC[C@@H](C(=O)O)C1)c1ccco1.